The van der Waals surface area contributed by atoms with Crippen molar-refractivity contribution >= 4 is 33.2 Å². The van der Waals surface area contributed by atoms with Crippen LogP contribution in [0.3, 0.4) is 0 Å². The molecule has 0 radical (unpaired) electrons. The number of carbonyl (C=O) groups is 2. The number of piperidine rings is 1. The predicted molar refractivity (Wildman–Crippen MR) is 94.5 cm³/mol. The van der Waals surface area contributed by atoms with Crippen molar-refractivity contribution in [1.29, 1.82) is 0 Å². The van der Waals surface area contributed by atoms with Crippen molar-refractivity contribution in [1.82, 2.24) is 14.9 Å². The number of thiophene rings is 1. The van der Waals surface area contributed by atoms with Crippen LogP contribution in [0.25, 0.3) is 0 Å². The lowest BCUT2D eigenvalue weighted by atomic mass is 9.91. The molecular weight excluding hydrogens is 362 g/mol. The highest BCUT2D eigenvalue weighted by molar-refractivity contribution is 7.91. The van der Waals surface area contributed by atoms with Gasteiger partial charge in [0.05, 0.1) is 0 Å². The zero-order valence-corrected chi connectivity index (χ0v) is 15.9. The summed E-state index contributed by atoms with van der Waals surface area (Å²) in [7, 11) is -3.58. The maximum Gasteiger partial charge on any atom is 0.250 e. The van der Waals surface area contributed by atoms with Crippen molar-refractivity contribution in [3.05, 3.63) is 17.5 Å². The average Bonchev–Trinajstić information content (AvgIpc) is 3.07. The van der Waals surface area contributed by atoms with Gasteiger partial charge in [-0.1, -0.05) is 19.9 Å². The molecule has 3 atom stereocenters. The number of sulfonamides is 1. The molecule has 2 saturated heterocycles. The van der Waals surface area contributed by atoms with Crippen LogP contribution in [0.1, 0.15) is 33.1 Å². The molecule has 0 aliphatic carbocycles. The summed E-state index contributed by atoms with van der Waals surface area (Å²) < 4.78 is 27.7. The molecule has 0 aromatic carbocycles. The van der Waals surface area contributed by atoms with E-state index in [-0.39, 0.29) is 22.1 Å². The highest BCUT2D eigenvalue weighted by Gasteiger charge is 2.44. The van der Waals surface area contributed by atoms with Gasteiger partial charge in [-0.05, 0) is 36.6 Å². The van der Waals surface area contributed by atoms with E-state index in [2.05, 4.69) is 10.0 Å². The summed E-state index contributed by atoms with van der Waals surface area (Å²) in [6.45, 7) is 4.41. The quantitative estimate of drug-likeness (QED) is 0.788. The predicted octanol–water partition coefficient (Wildman–Crippen LogP) is 0.931. The first kappa shape index (κ1) is 18.3. The Morgan fingerprint density at radius 3 is 2.80 bits per heavy atom. The second kappa shape index (κ2) is 7.05. The highest BCUT2D eigenvalue weighted by atomic mass is 32.2. The molecule has 2 N–H and O–H groups in total. The van der Waals surface area contributed by atoms with Crippen LogP contribution in [0.4, 0.5) is 0 Å². The highest BCUT2D eigenvalue weighted by Crippen LogP contribution is 2.25. The summed E-state index contributed by atoms with van der Waals surface area (Å²) in [5.74, 6) is 0.0593. The summed E-state index contributed by atoms with van der Waals surface area (Å²) in [6, 6.07) is 1.82. The van der Waals surface area contributed by atoms with E-state index in [4.69, 9.17) is 0 Å². The molecule has 2 fully saturated rings. The fourth-order valence-corrected chi connectivity index (χ4v) is 5.73. The van der Waals surface area contributed by atoms with Crippen molar-refractivity contribution in [3.63, 3.8) is 0 Å². The molecule has 9 heteroatoms. The molecule has 7 nitrogen and oxygen atoms in total. The topological polar surface area (TPSA) is 95.6 Å². The second-order valence-corrected chi connectivity index (χ2v) is 9.90. The third-order valence-corrected chi connectivity index (χ3v) is 7.51. The molecule has 3 unspecified atom stereocenters. The Labute approximate surface area is 151 Å². The maximum atomic E-state index is 12.6. The summed E-state index contributed by atoms with van der Waals surface area (Å²) in [5, 5.41) is 4.51. The summed E-state index contributed by atoms with van der Waals surface area (Å²) >= 11 is 1.15. The van der Waals surface area contributed by atoms with Crippen LogP contribution < -0.4 is 10.0 Å². The number of carbonyl (C=O) groups excluding carboxylic acids is 2. The van der Waals surface area contributed by atoms with E-state index in [9.17, 15) is 18.0 Å². The number of nitrogens with one attached hydrogen (secondary N) is 2. The van der Waals surface area contributed by atoms with E-state index in [1.165, 1.54) is 0 Å². The molecule has 3 rings (SSSR count). The van der Waals surface area contributed by atoms with E-state index in [0.717, 1.165) is 11.3 Å². The minimum atomic E-state index is -3.58. The van der Waals surface area contributed by atoms with Gasteiger partial charge in [0.25, 0.3) is 0 Å². The second-order valence-electron chi connectivity index (χ2n) is 7.01. The molecular formula is C16H23N3O4S2. The van der Waals surface area contributed by atoms with Crippen LogP contribution >= 0.6 is 11.3 Å². The van der Waals surface area contributed by atoms with Gasteiger partial charge in [0, 0.05) is 12.6 Å². The number of hydrogen-bond acceptors (Lipinski definition) is 5. The lowest BCUT2D eigenvalue weighted by Gasteiger charge is -2.44. The van der Waals surface area contributed by atoms with Crippen LogP contribution in [-0.2, 0) is 19.6 Å². The molecule has 0 spiro atoms. The van der Waals surface area contributed by atoms with E-state index in [0.29, 0.717) is 31.7 Å². The van der Waals surface area contributed by atoms with Crippen LogP contribution in [-0.4, -0.2) is 49.8 Å². The van der Waals surface area contributed by atoms with Crippen LogP contribution in [0, 0.1) is 5.92 Å². The molecule has 25 heavy (non-hydrogen) atoms. The van der Waals surface area contributed by atoms with Gasteiger partial charge in [-0.15, -0.1) is 11.3 Å². The monoisotopic (exact) mass is 385 g/mol. The zero-order valence-electron chi connectivity index (χ0n) is 14.3. The van der Waals surface area contributed by atoms with Gasteiger partial charge < -0.3 is 10.2 Å². The smallest absolute Gasteiger partial charge is 0.250 e. The zero-order chi connectivity index (χ0) is 18.2. The number of fused-ring (bicyclic) bond motifs is 1. The fourth-order valence-electron chi connectivity index (χ4n) is 3.44. The van der Waals surface area contributed by atoms with Crippen LogP contribution in [0.2, 0.25) is 0 Å². The van der Waals surface area contributed by atoms with Crippen LogP contribution in [0.5, 0.6) is 0 Å². The Balaban J connectivity index is 1.68. The Morgan fingerprint density at radius 2 is 2.16 bits per heavy atom. The first-order valence-corrected chi connectivity index (χ1v) is 10.8. The number of nitrogens with zero attached hydrogens (tertiary/aromatic N) is 1. The Kier molecular flexibility index (Phi) is 5.17. The van der Waals surface area contributed by atoms with Crippen molar-refractivity contribution in [2.75, 3.05) is 6.54 Å². The number of hydrogen-bond donors (Lipinski definition) is 2. The molecule has 0 saturated carbocycles. The van der Waals surface area contributed by atoms with E-state index in [1.807, 2.05) is 13.8 Å². The number of piperazine rings is 1. The summed E-state index contributed by atoms with van der Waals surface area (Å²) in [5.41, 5.74) is 0. The van der Waals surface area contributed by atoms with Crippen molar-refractivity contribution in [3.8, 4) is 0 Å². The molecule has 0 bridgehead atoms. The Bertz CT molecular complexity index is 745. The molecule has 2 aliphatic heterocycles. The van der Waals surface area contributed by atoms with Gasteiger partial charge in [0.15, 0.2) is 0 Å². The standard InChI is InChI=1S/C16H23N3O4S2/c1-10(2)8-12-16(21)19-6-5-11(9-13(19)15(20)17-12)18-25(22,23)14-4-3-7-24-14/h3-4,7,10-13,18H,5-6,8-9H2,1-2H3,(H,17,20). The van der Waals surface area contributed by atoms with Gasteiger partial charge >= 0.3 is 0 Å². The minimum absolute atomic E-state index is 0.0575. The molecule has 138 valence electrons. The molecule has 1 aromatic heterocycles. The van der Waals surface area contributed by atoms with Crippen molar-refractivity contribution in [2.24, 2.45) is 5.92 Å². The first-order valence-electron chi connectivity index (χ1n) is 8.44. The minimum Gasteiger partial charge on any atom is -0.342 e. The normalized spacial score (nSPS) is 27.3. The van der Waals surface area contributed by atoms with E-state index >= 15 is 0 Å². The average molecular weight is 386 g/mol. The Hall–Kier alpha value is -1.45. The number of amides is 2. The largest absolute Gasteiger partial charge is 0.342 e. The SMILES string of the molecule is CC(C)CC1NC(=O)C2CC(NS(=O)(=O)c3cccs3)CCN2C1=O. The summed E-state index contributed by atoms with van der Waals surface area (Å²) in [6.07, 6.45) is 1.42. The van der Waals surface area contributed by atoms with Gasteiger partial charge in [-0.25, -0.2) is 13.1 Å². The third-order valence-electron chi connectivity index (χ3n) is 4.59. The molecule has 2 aliphatic rings. The van der Waals surface area contributed by atoms with Crippen molar-refractivity contribution in [2.45, 2.75) is 55.4 Å². The van der Waals surface area contributed by atoms with E-state index < -0.39 is 22.1 Å². The summed E-state index contributed by atoms with van der Waals surface area (Å²) in [4.78, 5) is 26.6. The lowest BCUT2D eigenvalue weighted by molar-refractivity contribution is -0.152. The van der Waals surface area contributed by atoms with Gasteiger partial charge in [-0.2, -0.15) is 0 Å². The fraction of sp³-hybridized carbons (Fsp3) is 0.625. The number of rotatable bonds is 5. The first-order chi connectivity index (χ1) is 11.8. The van der Waals surface area contributed by atoms with E-state index in [1.54, 1.807) is 22.4 Å². The third kappa shape index (κ3) is 3.88. The maximum absolute atomic E-state index is 12.6. The lowest BCUT2D eigenvalue weighted by Crippen LogP contribution is -2.67. The van der Waals surface area contributed by atoms with Gasteiger partial charge in [-0.3, -0.25) is 9.59 Å². The van der Waals surface area contributed by atoms with Crippen LogP contribution in [0.15, 0.2) is 21.7 Å². The van der Waals surface area contributed by atoms with Gasteiger partial charge in [0.2, 0.25) is 21.8 Å². The Morgan fingerprint density at radius 1 is 1.40 bits per heavy atom. The van der Waals surface area contributed by atoms with Gasteiger partial charge in [0.1, 0.15) is 16.3 Å². The van der Waals surface area contributed by atoms with Crippen molar-refractivity contribution < 1.29 is 18.0 Å². The molecule has 1 aromatic rings. The molecule has 3 heterocycles. The molecule has 2 amide bonds.